The van der Waals surface area contributed by atoms with E-state index in [0.29, 0.717) is 0 Å². The second kappa shape index (κ2) is 8.55. The van der Waals surface area contributed by atoms with Crippen molar-refractivity contribution in [2.24, 2.45) is 0 Å². The molecule has 0 nitrogen and oxygen atoms in total. The van der Waals surface area contributed by atoms with Crippen LogP contribution in [0.25, 0.3) is 0 Å². The Morgan fingerprint density at radius 1 is 0.571 bits per heavy atom. The van der Waals surface area contributed by atoms with Crippen molar-refractivity contribution in [3.63, 3.8) is 0 Å². The van der Waals surface area contributed by atoms with E-state index in [1.807, 2.05) is 0 Å². The molecule has 0 aliphatic heterocycles. The maximum Gasteiger partial charge on any atom is -0.0166 e. The Hall–Kier alpha value is -1.04. The van der Waals surface area contributed by atoms with E-state index in [-0.39, 0.29) is 0 Å². The van der Waals surface area contributed by atoms with Gasteiger partial charge in [-0.05, 0) is 32.1 Å². The summed E-state index contributed by atoms with van der Waals surface area (Å²) >= 11 is 0. The van der Waals surface area contributed by atoms with Crippen molar-refractivity contribution in [2.75, 3.05) is 0 Å². The van der Waals surface area contributed by atoms with E-state index in [2.05, 4.69) is 55.0 Å². The van der Waals surface area contributed by atoms with Gasteiger partial charge in [-0.2, -0.15) is 0 Å². The first-order valence-electron chi connectivity index (χ1n) is 5.47. The third-order valence-electron chi connectivity index (χ3n) is 2.14. The Kier molecular flexibility index (Phi) is 6.74. The number of hydrogen-bond donors (Lipinski definition) is 0. The van der Waals surface area contributed by atoms with Crippen LogP contribution in [0.3, 0.4) is 0 Å². The van der Waals surface area contributed by atoms with Crippen molar-refractivity contribution in [1.29, 1.82) is 0 Å². The highest BCUT2D eigenvalue weighted by Gasteiger charge is 1.85. The summed E-state index contributed by atoms with van der Waals surface area (Å²) in [7, 11) is 0. The average molecular weight is 187 g/mol. The summed E-state index contributed by atoms with van der Waals surface area (Å²) in [6, 6.07) is 0. The molecule has 0 N–H and O–H groups in total. The molecule has 1 aliphatic rings. The Morgan fingerprint density at radius 2 is 1.29 bits per heavy atom. The lowest BCUT2D eigenvalue weighted by atomic mass is 10.1. The van der Waals surface area contributed by atoms with Gasteiger partial charge in [0, 0.05) is 0 Å². The van der Waals surface area contributed by atoms with Crippen LogP contribution in [0.4, 0.5) is 0 Å². The Balaban J connectivity index is 2.36. The van der Waals surface area contributed by atoms with Crippen LogP contribution in [-0.4, -0.2) is 0 Å². The molecule has 0 heteroatoms. The zero-order valence-electron chi connectivity index (χ0n) is 8.73. The first-order valence-corrected chi connectivity index (χ1v) is 5.47. The zero-order chi connectivity index (χ0) is 9.90. The van der Waals surface area contributed by atoms with Crippen molar-refractivity contribution in [2.45, 2.75) is 32.1 Å². The lowest BCUT2D eigenvalue weighted by Gasteiger charge is -1.94. The minimum absolute atomic E-state index is 1.03. The molecule has 0 saturated carbocycles. The van der Waals surface area contributed by atoms with E-state index in [0.717, 1.165) is 6.42 Å². The molecule has 0 bridgehead atoms. The van der Waals surface area contributed by atoms with E-state index in [1.54, 1.807) is 0 Å². The highest BCUT2D eigenvalue weighted by atomic mass is 13.9. The molecule has 0 aromatic rings. The van der Waals surface area contributed by atoms with E-state index >= 15 is 0 Å². The van der Waals surface area contributed by atoms with Gasteiger partial charge in [-0.3, -0.25) is 0 Å². The summed E-state index contributed by atoms with van der Waals surface area (Å²) in [5, 5.41) is 0. The van der Waals surface area contributed by atoms with Crippen LogP contribution in [0.15, 0.2) is 48.6 Å². The van der Waals surface area contributed by atoms with Gasteiger partial charge in [0.15, 0.2) is 0 Å². The molecule has 0 aromatic heterocycles. The molecule has 0 unspecified atom stereocenters. The van der Waals surface area contributed by atoms with Gasteiger partial charge in [-0.25, -0.2) is 0 Å². The SMILES string of the molecule is [CH]1/C=C/C/C=C/C=C\C=C\CCCC1. The van der Waals surface area contributed by atoms with E-state index in [4.69, 9.17) is 0 Å². The van der Waals surface area contributed by atoms with Gasteiger partial charge in [0.1, 0.15) is 0 Å². The Bertz CT molecular complexity index is 228. The normalized spacial score (nSPS) is 28.6. The third-order valence-corrected chi connectivity index (χ3v) is 2.14. The highest BCUT2D eigenvalue weighted by Crippen LogP contribution is 2.04. The zero-order valence-corrected chi connectivity index (χ0v) is 8.73. The third kappa shape index (κ3) is 6.47. The van der Waals surface area contributed by atoms with Crippen LogP contribution in [-0.2, 0) is 0 Å². The minimum Gasteiger partial charge on any atom is -0.0845 e. The molecule has 75 valence electrons. The van der Waals surface area contributed by atoms with Crippen LogP contribution in [0.1, 0.15) is 32.1 Å². The van der Waals surface area contributed by atoms with Gasteiger partial charge in [0.2, 0.25) is 0 Å². The molecule has 0 fully saturated rings. The van der Waals surface area contributed by atoms with Gasteiger partial charge >= 0.3 is 0 Å². The minimum atomic E-state index is 1.03. The van der Waals surface area contributed by atoms with Crippen LogP contribution < -0.4 is 0 Å². The quantitative estimate of drug-likeness (QED) is 0.528. The molecule has 0 saturated heterocycles. The molecule has 0 heterocycles. The Labute approximate surface area is 87.7 Å². The van der Waals surface area contributed by atoms with Gasteiger partial charge in [-0.1, -0.05) is 55.0 Å². The van der Waals surface area contributed by atoms with Crippen LogP contribution in [0.2, 0.25) is 0 Å². The second-order valence-electron chi connectivity index (χ2n) is 3.43. The molecule has 14 heavy (non-hydrogen) atoms. The monoisotopic (exact) mass is 187 g/mol. The summed E-state index contributed by atoms with van der Waals surface area (Å²) in [5.41, 5.74) is 0. The second-order valence-corrected chi connectivity index (χ2v) is 3.43. The van der Waals surface area contributed by atoms with Crippen molar-refractivity contribution in [3.05, 3.63) is 55.0 Å². The maximum atomic E-state index is 2.26. The summed E-state index contributed by atoms with van der Waals surface area (Å²) in [4.78, 5) is 0. The van der Waals surface area contributed by atoms with Gasteiger partial charge < -0.3 is 0 Å². The molecular formula is C14H19. The Morgan fingerprint density at radius 3 is 2.21 bits per heavy atom. The van der Waals surface area contributed by atoms with Crippen LogP contribution in [0, 0.1) is 6.42 Å². The fraction of sp³-hybridized carbons (Fsp3) is 0.357. The number of rotatable bonds is 0. The first-order chi connectivity index (χ1) is 7.00. The summed E-state index contributed by atoms with van der Waals surface area (Å²) in [6.45, 7) is 0. The summed E-state index contributed by atoms with van der Waals surface area (Å²) < 4.78 is 0. The summed E-state index contributed by atoms with van der Waals surface area (Å²) in [5.74, 6) is 0. The van der Waals surface area contributed by atoms with Crippen LogP contribution in [0.5, 0.6) is 0 Å². The number of allylic oxidation sites excluding steroid dienone is 8. The predicted molar refractivity (Wildman–Crippen MR) is 63.9 cm³/mol. The standard InChI is InChI=1S/C14H19/c1-2-4-6-8-10-12-14-13-11-9-7-5-3-1/h1-6,9,11,13H,7-8,10,12,14H2/b2-1-,5-3+,6-4+,11-9+. The molecule has 0 aromatic carbocycles. The number of hydrogen-bond acceptors (Lipinski definition) is 0. The van der Waals surface area contributed by atoms with Crippen molar-refractivity contribution >= 4 is 0 Å². The van der Waals surface area contributed by atoms with E-state index in [9.17, 15) is 0 Å². The molecule has 0 atom stereocenters. The van der Waals surface area contributed by atoms with E-state index < -0.39 is 0 Å². The maximum absolute atomic E-state index is 2.26. The van der Waals surface area contributed by atoms with Gasteiger partial charge in [0.05, 0.1) is 0 Å². The topological polar surface area (TPSA) is 0 Å². The van der Waals surface area contributed by atoms with Crippen molar-refractivity contribution in [1.82, 2.24) is 0 Å². The molecule has 0 spiro atoms. The molecule has 1 rings (SSSR count). The lowest BCUT2D eigenvalue weighted by Crippen LogP contribution is -1.75. The fourth-order valence-corrected chi connectivity index (χ4v) is 1.33. The predicted octanol–water partition coefficient (Wildman–Crippen LogP) is 4.38. The van der Waals surface area contributed by atoms with Gasteiger partial charge in [0.25, 0.3) is 0 Å². The van der Waals surface area contributed by atoms with Crippen molar-refractivity contribution in [3.8, 4) is 0 Å². The molecule has 1 aliphatic carbocycles. The van der Waals surface area contributed by atoms with Gasteiger partial charge in [-0.15, -0.1) is 0 Å². The smallest absolute Gasteiger partial charge is 0.0166 e. The lowest BCUT2D eigenvalue weighted by molar-refractivity contribution is 0.747. The fourth-order valence-electron chi connectivity index (χ4n) is 1.33. The average Bonchev–Trinajstić information content (AvgIpc) is 2.22. The highest BCUT2D eigenvalue weighted by molar-refractivity contribution is 5.12. The molecular weight excluding hydrogens is 168 g/mol. The largest absolute Gasteiger partial charge is 0.0845 e. The van der Waals surface area contributed by atoms with Crippen molar-refractivity contribution < 1.29 is 0 Å². The molecule has 0 amide bonds. The summed E-state index contributed by atoms with van der Waals surface area (Å²) in [6.07, 6.45) is 25.5. The van der Waals surface area contributed by atoms with Crippen LogP contribution >= 0.6 is 0 Å². The molecule has 1 radical (unpaired) electrons. The van der Waals surface area contributed by atoms with E-state index in [1.165, 1.54) is 25.7 Å². The first kappa shape index (κ1) is 11.0.